The first-order valence-corrected chi connectivity index (χ1v) is 12.6. The number of likely N-dealkylation sites (N-methyl/N-ethyl adjacent to an activating group) is 1. The Bertz CT molecular complexity index is 1280. The first kappa shape index (κ1) is 30.3. The summed E-state index contributed by atoms with van der Waals surface area (Å²) in [5.41, 5.74) is -1.18. The van der Waals surface area contributed by atoms with Crippen molar-refractivity contribution >= 4 is 12.0 Å². The monoisotopic (exact) mass is 558 g/mol. The van der Waals surface area contributed by atoms with Gasteiger partial charge >= 0.3 is 12.3 Å². The fraction of sp³-hybridized carbons (Fsp3) is 0.333. The Morgan fingerprint density at radius 2 is 1.38 bits per heavy atom. The van der Waals surface area contributed by atoms with Gasteiger partial charge in [0.2, 0.25) is 0 Å². The Kier molecular flexibility index (Phi) is 10.0. The number of hydrogen-bond donors (Lipinski definition) is 1. The minimum absolute atomic E-state index is 0.00236. The number of alkyl halides is 3. The van der Waals surface area contributed by atoms with Crippen LogP contribution in [-0.2, 0) is 24.1 Å². The van der Waals surface area contributed by atoms with E-state index >= 15 is 0 Å². The molecule has 0 saturated heterocycles. The number of nitrogens with zero attached hydrogens (tertiary/aromatic N) is 1. The molecule has 0 aromatic heterocycles. The van der Waals surface area contributed by atoms with E-state index in [2.05, 4.69) is 5.32 Å². The van der Waals surface area contributed by atoms with Gasteiger partial charge in [-0.25, -0.2) is 4.79 Å². The normalized spacial score (nSPS) is 11.5. The summed E-state index contributed by atoms with van der Waals surface area (Å²) in [4.78, 5) is 26.3. The van der Waals surface area contributed by atoms with Crippen LogP contribution in [0.15, 0.2) is 72.8 Å². The van der Waals surface area contributed by atoms with E-state index in [1.54, 1.807) is 75.4 Å². The maximum atomic E-state index is 14.5. The van der Waals surface area contributed by atoms with Crippen LogP contribution in [0.25, 0.3) is 0 Å². The van der Waals surface area contributed by atoms with Crippen LogP contribution in [0.2, 0.25) is 0 Å². The van der Waals surface area contributed by atoms with Crippen molar-refractivity contribution in [3.63, 3.8) is 0 Å². The minimum Gasteiger partial charge on any atom is -0.485 e. The van der Waals surface area contributed by atoms with Crippen molar-refractivity contribution in [3.8, 4) is 11.5 Å². The summed E-state index contributed by atoms with van der Waals surface area (Å²) in [6.45, 7) is 4.90. The summed E-state index contributed by atoms with van der Waals surface area (Å²) in [5.74, 6) is -1.69. The van der Waals surface area contributed by atoms with Gasteiger partial charge in [0.15, 0.2) is 11.5 Å². The predicted octanol–water partition coefficient (Wildman–Crippen LogP) is 6.46. The van der Waals surface area contributed by atoms with Gasteiger partial charge in [-0.05, 0) is 44.0 Å². The molecule has 10 heteroatoms. The molecule has 3 aromatic rings. The third-order valence-corrected chi connectivity index (χ3v) is 5.55. The Morgan fingerprint density at radius 1 is 0.825 bits per heavy atom. The predicted molar refractivity (Wildman–Crippen MR) is 144 cm³/mol. The van der Waals surface area contributed by atoms with E-state index in [0.29, 0.717) is 5.56 Å². The van der Waals surface area contributed by atoms with Crippen molar-refractivity contribution in [2.45, 2.75) is 45.8 Å². The molecular weight excluding hydrogens is 525 g/mol. The fourth-order valence-corrected chi connectivity index (χ4v) is 3.62. The van der Waals surface area contributed by atoms with Crippen LogP contribution in [0, 0.1) is 0 Å². The number of benzene rings is 3. The summed E-state index contributed by atoms with van der Waals surface area (Å²) in [5, 5.41) is 2.45. The summed E-state index contributed by atoms with van der Waals surface area (Å²) in [6, 6.07) is 20.0. The van der Waals surface area contributed by atoms with Gasteiger partial charge in [0.1, 0.15) is 24.4 Å². The molecule has 40 heavy (non-hydrogen) atoms. The number of carbonyl (C=O) groups excluding carboxylic acids is 2. The van der Waals surface area contributed by atoms with Crippen molar-refractivity contribution < 1.29 is 37.0 Å². The second-order valence-corrected chi connectivity index (χ2v) is 10.0. The number of carbonyl (C=O) groups is 2. The van der Waals surface area contributed by atoms with E-state index in [9.17, 15) is 22.8 Å². The van der Waals surface area contributed by atoms with E-state index < -0.39 is 40.7 Å². The van der Waals surface area contributed by atoms with E-state index in [1.807, 2.05) is 6.07 Å². The summed E-state index contributed by atoms with van der Waals surface area (Å²) in [6.07, 6.45) is -5.55. The lowest BCUT2D eigenvalue weighted by molar-refractivity contribution is -0.139. The van der Waals surface area contributed by atoms with Crippen LogP contribution in [-0.4, -0.2) is 42.6 Å². The third kappa shape index (κ3) is 8.93. The van der Waals surface area contributed by atoms with Crippen LogP contribution >= 0.6 is 0 Å². The van der Waals surface area contributed by atoms with Crippen molar-refractivity contribution in [2.75, 3.05) is 20.1 Å². The second-order valence-electron chi connectivity index (χ2n) is 10.0. The molecule has 0 atom stereocenters. The number of hydrogen-bond acceptors (Lipinski definition) is 5. The highest BCUT2D eigenvalue weighted by molar-refractivity contribution is 5.97. The van der Waals surface area contributed by atoms with Crippen molar-refractivity contribution in [1.29, 1.82) is 0 Å². The van der Waals surface area contributed by atoms with Gasteiger partial charge in [0.05, 0.1) is 5.56 Å². The van der Waals surface area contributed by atoms with E-state index in [0.717, 1.165) is 11.6 Å². The summed E-state index contributed by atoms with van der Waals surface area (Å²) in [7, 11) is 1.47. The molecule has 3 rings (SSSR count). The molecule has 214 valence electrons. The van der Waals surface area contributed by atoms with Gasteiger partial charge < -0.3 is 24.4 Å². The molecule has 0 saturated carbocycles. The van der Waals surface area contributed by atoms with Crippen LogP contribution < -0.4 is 14.8 Å². The molecule has 0 fully saturated rings. The third-order valence-electron chi connectivity index (χ3n) is 5.55. The molecule has 2 amide bonds. The number of nitrogens with one attached hydrogen (secondary N) is 1. The van der Waals surface area contributed by atoms with E-state index in [1.165, 1.54) is 18.0 Å². The maximum Gasteiger partial charge on any atom is 0.420 e. The molecule has 0 aliphatic rings. The Balaban J connectivity index is 1.86. The Hall–Kier alpha value is -4.21. The molecule has 0 bridgehead atoms. The van der Waals surface area contributed by atoms with Crippen LogP contribution in [0.5, 0.6) is 11.5 Å². The SMILES string of the molecule is CN(CCNC(=O)c1ccc(OCc2ccccc2)c(OCc2ccccc2)c1C(F)(F)F)C(=O)OC(C)(C)C. The molecule has 1 N–H and O–H groups in total. The zero-order valence-corrected chi connectivity index (χ0v) is 22.9. The molecule has 3 aromatic carbocycles. The molecule has 7 nitrogen and oxygen atoms in total. The summed E-state index contributed by atoms with van der Waals surface area (Å²) < 4.78 is 60.1. The Morgan fingerprint density at radius 3 is 1.90 bits per heavy atom. The molecule has 0 spiro atoms. The smallest absolute Gasteiger partial charge is 0.420 e. The Labute approximate surface area is 231 Å². The number of ether oxygens (including phenoxy) is 3. The first-order chi connectivity index (χ1) is 18.8. The summed E-state index contributed by atoms with van der Waals surface area (Å²) >= 11 is 0. The molecule has 0 aliphatic heterocycles. The standard InChI is InChI=1S/C30H33F3N2O5/c1-29(2,3)40-28(37)35(4)18-17-34-27(36)23-15-16-24(38-19-21-11-7-5-8-12-21)26(25(23)30(31,32)33)39-20-22-13-9-6-10-14-22/h5-16H,17-20H2,1-4H3,(H,34,36). The maximum absolute atomic E-state index is 14.5. The first-order valence-electron chi connectivity index (χ1n) is 12.6. The number of rotatable bonds is 10. The number of halogens is 3. The van der Waals surface area contributed by atoms with E-state index in [-0.39, 0.29) is 32.1 Å². The lowest BCUT2D eigenvalue weighted by Crippen LogP contribution is -2.39. The number of amides is 2. The second kappa shape index (κ2) is 13.2. The van der Waals surface area contributed by atoms with Crippen LogP contribution in [0.1, 0.15) is 47.8 Å². The zero-order valence-electron chi connectivity index (χ0n) is 22.9. The average molecular weight is 559 g/mol. The fourth-order valence-electron chi connectivity index (χ4n) is 3.62. The molecular formula is C30H33F3N2O5. The highest BCUT2D eigenvalue weighted by atomic mass is 19.4. The van der Waals surface area contributed by atoms with Gasteiger partial charge in [-0.1, -0.05) is 60.7 Å². The molecule has 0 heterocycles. The van der Waals surface area contributed by atoms with Crippen molar-refractivity contribution in [1.82, 2.24) is 10.2 Å². The molecule has 0 unspecified atom stereocenters. The van der Waals surface area contributed by atoms with E-state index in [4.69, 9.17) is 14.2 Å². The molecule has 0 radical (unpaired) electrons. The zero-order chi connectivity index (χ0) is 29.3. The minimum atomic E-state index is -4.93. The van der Waals surface area contributed by atoms with Gasteiger partial charge in [0.25, 0.3) is 5.91 Å². The van der Waals surface area contributed by atoms with Gasteiger partial charge in [-0.15, -0.1) is 0 Å². The highest BCUT2D eigenvalue weighted by Gasteiger charge is 2.41. The van der Waals surface area contributed by atoms with Gasteiger partial charge in [-0.3, -0.25) is 4.79 Å². The lowest BCUT2D eigenvalue weighted by Gasteiger charge is -2.25. The van der Waals surface area contributed by atoms with Gasteiger partial charge in [-0.2, -0.15) is 13.2 Å². The topological polar surface area (TPSA) is 77.1 Å². The van der Waals surface area contributed by atoms with Crippen LogP contribution in [0.4, 0.5) is 18.0 Å². The largest absolute Gasteiger partial charge is 0.485 e. The quantitative estimate of drug-likeness (QED) is 0.309. The van der Waals surface area contributed by atoms with Crippen molar-refractivity contribution in [3.05, 3.63) is 95.1 Å². The van der Waals surface area contributed by atoms with Crippen LogP contribution in [0.3, 0.4) is 0 Å². The highest BCUT2D eigenvalue weighted by Crippen LogP contribution is 2.44. The average Bonchev–Trinajstić information content (AvgIpc) is 2.90. The lowest BCUT2D eigenvalue weighted by atomic mass is 10.0. The molecule has 0 aliphatic carbocycles. The van der Waals surface area contributed by atoms with Gasteiger partial charge in [0, 0.05) is 20.1 Å². The van der Waals surface area contributed by atoms with Crippen molar-refractivity contribution in [2.24, 2.45) is 0 Å².